The second-order valence-corrected chi connectivity index (χ2v) is 7.10. The molecule has 0 aromatic heterocycles. The first-order valence-electron chi connectivity index (χ1n) is 5.82. The monoisotopic (exact) mass is 343 g/mol. The zero-order chi connectivity index (χ0) is 16.2. The minimum atomic E-state index is -3.74. The SMILES string of the molecule is CCC(COc1cc(F)c([N+](=O)[O-])cc1F)CS(=O)(=O)Cl. The van der Waals surface area contributed by atoms with Gasteiger partial charge < -0.3 is 4.74 Å². The normalized spacial score (nSPS) is 13.0. The molecule has 21 heavy (non-hydrogen) atoms. The molecule has 1 rings (SSSR count). The molecule has 0 spiro atoms. The number of nitro groups is 1. The van der Waals surface area contributed by atoms with Crippen molar-refractivity contribution in [2.45, 2.75) is 13.3 Å². The molecule has 0 heterocycles. The highest BCUT2D eigenvalue weighted by Crippen LogP contribution is 2.27. The maximum Gasteiger partial charge on any atom is 0.307 e. The van der Waals surface area contributed by atoms with Gasteiger partial charge in [-0.15, -0.1) is 0 Å². The second-order valence-electron chi connectivity index (χ2n) is 4.28. The quantitative estimate of drug-likeness (QED) is 0.431. The minimum absolute atomic E-state index is 0.212. The smallest absolute Gasteiger partial charge is 0.307 e. The zero-order valence-corrected chi connectivity index (χ0v) is 12.5. The van der Waals surface area contributed by atoms with Crippen LogP contribution in [-0.4, -0.2) is 25.7 Å². The Morgan fingerprint density at radius 2 is 2.00 bits per heavy atom. The molecule has 0 aliphatic rings. The summed E-state index contributed by atoms with van der Waals surface area (Å²) < 4.78 is 53.8. The Labute approximate surface area is 124 Å². The fourth-order valence-corrected chi connectivity index (χ4v) is 2.97. The Balaban J connectivity index is 2.84. The molecule has 0 amide bonds. The fraction of sp³-hybridized carbons (Fsp3) is 0.455. The molecule has 0 saturated carbocycles. The van der Waals surface area contributed by atoms with Gasteiger partial charge in [0.1, 0.15) is 0 Å². The van der Waals surface area contributed by atoms with Crippen molar-refractivity contribution >= 4 is 25.4 Å². The van der Waals surface area contributed by atoms with E-state index in [1.54, 1.807) is 6.92 Å². The number of rotatable bonds is 7. The maximum atomic E-state index is 13.5. The molecule has 1 unspecified atom stereocenters. The maximum absolute atomic E-state index is 13.5. The van der Waals surface area contributed by atoms with Gasteiger partial charge in [-0.1, -0.05) is 6.92 Å². The van der Waals surface area contributed by atoms with Gasteiger partial charge in [-0.05, 0) is 6.42 Å². The molecular weight excluding hydrogens is 332 g/mol. The summed E-state index contributed by atoms with van der Waals surface area (Å²) in [6, 6.07) is 0.958. The van der Waals surface area contributed by atoms with Crippen molar-refractivity contribution in [3.05, 3.63) is 33.9 Å². The van der Waals surface area contributed by atoms with Crippen LogP contribution < -0.4 is 4.74 Å². The van der Waals surface area contributed by atoms with Gasteiger partial charge in [-0.2, -0.15) is 4.39 Å². The molecule has 0 radical (unpaired) electrons. The number of ether oxygens (including phenoxy) is 1. The van der Waals surface area contributed by atoms with Crippen LogP contribution in [0.4, 0.5) is 14.5 Å². The van der Waals surface area contributed by atoms with Crippen LogP contribution >= 0.6 is 10.7 Å². The number of nitro benzene ring substituents is 1. The lowest BCUT2D eigenvalue weighted by atomic mass is 10.1. The van der Waals surface area contributed by atoms with E-state index >= 15 is 0 Å². The summed E-state index contributed by atoms with van der Waals surface area (Å²) in [7, 11) is 1.37. The van der Waals surface area contributed by atoms with Crippen LogP contribution in [0.2, 0.25) is 0 Å². The number of halogens is 3. The van der Waals surface area contributed by atoms with Crippen LogP contribution in [-0.2, 0) is 9.05 Å². The summed E-state index contributed by atoms with van der Waals surface area (Å²) >= 11 is 0. The molecule has 0 bridgehead atoms. The molecule has 0 aliphatic carbocycles. The lowest BCUT2D eigenvalue weighted by molar-refractivity contribution is -0.387. The number of nitrogens with zero attached hydrogens (tertiary/aromatic N) is 1. The molecule has 1 aromatic rings. The Kier molecular flexibility index (Phi) is 5.85. The van der Waals surface area contributed by atoms with E-state index in [1.165, 1.54) is 0 Å². The largest absolute Gasteiger partial charge is 0.490 e. The standard InChI is InChI=1S/C11H12ClF2NO5S/c1-2-7(6-21(12,18)19)5-20-11-4-8(13)10(15(16)17)3-9(11)14/h3-4,7H,2,5-6H2,1H3. The van der Waals surface area contributed by atoms with Crippen molar-refractivity contribution in [3.8, 4) is 5.75 Å². The Morgan fingerprint density at radius 1 is 1.38 bits per heavy atom. The highest BCUT2D eigenvalue weighted by atomic mass is 35.7. The van der Waals surface area contributed by atoms with E-state index in [0.29, 0.717) is 18.6 Å². The van der Waals surface area contributed by atoms with Gasteiger partial charge in [0.05, 0.1) is 23.3 Å². The van der Waals surface area contributed by atoms with E-state index in [0.717, 1.165) is 0 Å². The predicted octanol–water partition coefficient (Wildman–Crippen LogP) is 2.85. The summed E-state index contributed by atoms with van der Waals surface area (Å²) in [5, 5.41) is 10.4. The number of hydrogen-bond acceptors (Lipinski definition) is 5. The number of benzene rings is 1. The topological polar surface area (TPSA) is 86.5 Å². The summed E-state index contributed by atoms with van der Waals surface area (Å²) in [4.78, 5) is 9.37. The molecule has 1 aromatic carbocycles. The summed E-state index contributed by atoms with van der Waals surface area (Å²) in [6.07, 6.45) is 0.392. The van der Waals surface area contributed by atoms with Gasteiger partial charge in [0.2, 0.25) is 14.9 Å². The van der Waals surface area contributed by atoms with Crippen molar-refractivity contribution in [1.29, 1.82) is 0 Å². The van der Waals surface area contributed by atoms with Crippen LogP contribution in [0.1, 0.15) is 13.3 Å². The highest BCUT2D eigenvalue weighted by molar-refractivity contribution is 8.13. The molecule has 0 aliphatic heterocycles. The lowest BCUT2D eigenvalue weighted by Crippen LogP contribution is -2.19. The summed E-state index contributed by atoms with van der Waals surface area (Å²) in [5.74, 6) is -3.75. The van der Waals surface area contributed by atoms with Gasteiger partial charge in [0, 0.05) is 22.7 Å². The first kappa shape index (κ1) is 17.6. The van der Waals surface area contributed by atoms with Crippen LogP contribution in [0.3, 0.4) is 0 Å². The lowest BCUT2D eigenvalue weighted by Gasteiger charge is -2.14. The molecule has 6 nitrogen and oxygen atoms in total. The predicted molar refractivity (Wildman–Crippen MR) is 71.9 cm³/mol. The van der Waals surface area contributed by atoms with E-state index in [-0.39, 0.29) is 12.4 Å². The summed E-state index contributed by atoms with van der Waals surface area (Å²) in [6.45, 7) is 1.47. The third kappa shape index (κ3) is 5.43. The van der Waals surface area contributed by atoms with Gasteiger partial charge >= 0.3 is 5.69 Å². The first-order valence-corrected chi connectivity index (χ1v) is 8.30. The fourth-order valence-electron chi connectivity index (χ4n) is 1.54. The van der Waals surface area contributed by atoms with Crippen LogP contribution in [0, 0.1) is 27.7 Å². The number of hydrogen-bond donors (Lipinski definition) is 0. The summed E-state index contributed by atoms with van der Waals surface area (Å²) in [5.41, 5.74) is -1.00. The zero-order valence-electron chi connectivity index (χ0n) is 10.9. The molecule has 0 saturated heterocycles. The van der Waals surface area contributed by atoms with Crippen molar-refractivity contribution in [2.75, 3.05) is 12.4 Å². The van der Waals surface area contributed by atoms with Gasteiger partial charge in [0.25, 0.3) is 0 Å². The second kappa shape index (κ2) is 6.99. The van der Waals surface area contributed by atoms with Crippen molar-refractivity contribution in [3.63, 3.8) is 0 Å². The highest BCUT2D eigenvalue weighted by Gasteiger charge is 2.21. The van der Waals surface area contributed by atoms with Gasteiger partial charge in [0.15, 0.2) is 11.6 Å². The Hall–Kier alpha value is -1.48. The molecule has 1 atom stereocenters. The average Bonchev–Trinajstić information content (AvgIpc) is 2.35. The van der Waals surface area contributed by atoms with Crippen molar-refractivity contribution in [2.24, 2.45) is 5.92 Å². The van der Waals surface area contributed by atoms with Gasteiger partial charge in [-0.25, -0.2) is 12.8 Å². The van der Waals surface area contributed by atoms with Crippen LogP contribution in [0.15, 0.2) is 12.1 Å². The molecule has 118 valence electrons. The molecular formula is C11H12ClF2NO5S. The first-order chi connectivity index (χ1) is 9.64. The Bertz CT molecular complexity index is 638. The third-order valence-corrected chi connectivity index (χ3v) is 3.93. The van der Waals surface area contributed by atoms with E-state index in [9.17, 15) is 27.3 Å². The minimum Gasteiger partial charge on any atom is -0.490 e. The van der Waals surface area contributed by atoms with E-state index in [4.69, 9.17) is 15.4 Å². The van der Waals surface area contributed by atoms with E-state index < -0.39 is 43.0 Å². The van der Waals surface area contributed by atoms with Crippen LogP contribution in [0.5, 0.6) is 5.75 Å². The molecule has 10 heteroatoms. The molecule has 0 fully saturated rings. The van der Waals surface area contributed by atoms with Crippen molar-refractivity contribution < 1.29 is 26.9 Å². The molecule has 0 N–H and O–H groups in total. The van der Waals surface area contributed by atoms with Crippen LogP contribution in [0.25, 0.3) is 0 Å². The van der Waals surface area contributed by atoms with E-state index in [2.05, 4.69) is 0 Å². The van der Waals surface area contributed by atoms with E-state index in [1.807, 2.05) is 0 Å². The van der Waals surface area contributed by atoms with Crippen molar-refractivity contribution in [1.82, 2.24) is 0 Å². The van der Waals surface area contributed by atoms with Gasteiger partial charge in [-0.3, -0.25) is 10.1 Å². The Morgan fingerprint density at radius 3 is 2.48 bits per heavy atom. The average molecular weight is 344 g/mol. The third-order valence-electron chi connectivity index (χ3n) is 2.68.